The van der Waals surface area contributed by atoms with Gasteiger partial charge in [-0.05, 0) is 56.3 Å². The van der Waals surface area contributed by atoms with E-state index in [-0.39, 0.29) is 6.03 Å². The summed E-state index contributed by atoms with van der Waals surface area (Å²) < 4.78 is 0. The average molecular weight is 294 g/mol. The van der Waals surface area contributed by atoms with Gasteiger partial charge >= 0.3 is 12.0 Å². The van der Waals surface area contributed by atoms with Crippen molar-refractivity contribution in [1.29, 1.82) is 0 Å². The molecule has 0 aromatic carbocycles. The second-order valence-electron chi connectivity index (χ2n) is 6.92. The third kappa shape index (κ3) is 3.69. The summed E-state index contributed by atoms with van der Waals surface area (Å²) >= 11 is 0. The van der Waals surface area contributed by atoms with Crippen molar-refractivity contribution >= 4 is 12.0 Å². The molecular weight excluding hydrogens is 268 g/mol. The predicted octanol–water partition coefficient (Wildman–Crippen LogP) is 2.46. The van der Waals surface area contributed by atoms with E-state index in [0.717, 1.165) is 37.6 Å². The van der Waals surface area contributed by atoms with Crippen molar-refractivity contribution in [2.24, 2.45) is 17.8 Å². The smallest absolute Gasteiger partial charge is 0.326 e. The zero-order valence-electron chi connectivity index (χ0n) is 12.6. The number of nitrogens with one attached hydrogen (secondary N) is 1. The number of carboxylic acid groups (broad SMARTS) is 1. The minimum atomic E-state index is -0.868. The number of hydrogen-bond donors (Lipinski definition) is 2. The van der Waals surface area contributed by atoms with Crippen LogP contribution < -0.4 is 5.32 Å². The van der Waals surface area contributed by atoms with Crippen molar-refractivity contribution in [3.05, 3.63) is 0 Å². The largest absolute Gasteiger partial charge is 0.480 e. The third-order valence-electron chi connectivity index (χ3n) is 5.24. The van der Waals surface area contributed by atoms with E-state index in [1.807, 2.05) is 0 Å². The van der Waals surface area contributed by atoms with Crippen LogP contribution in [-0.4, -0.2) is 41.1 Å². The maximum Gasteiger partial charge on any atom is 0.326 e. The summed E-state index contributed by atoms with van der Waals surface area (Å²) in [7, 11) is 0. The van der Waals surface area contributed by atoms with Crippen LogP contribution in [0.4, 0.5) is 4.79 Å². The van der Waals surface area contributed by atoms with Crippen molar-refractivity contribution in [2.45, 2.75) is 57.4 Å². The van der Waals surface area contributed by atoms with Crippen LogP contribution in [0.25, 0.3) is 0 Å². The molecule has 0 bridgehead atoms. The van der Waals surface area contributed by atoms with Crippen molar-refractivity contribution in [1.82, 2.24) is 10.2 Å². The van der Waals surface area contributed by atoms with Crippen LogP contribution in [-0.2, 0) is 4.79 Å². The first-order valence-electron chi connectivity index (χ1n) is 8.44. The van der Waals surface area contributed by atoms with Crippen LogP contribution in [0.3, 0.4) is 0 Å². The fourth-order valence-corrected chi connectivity index (χ4v) is 3.68. The van der Waals surface area contributed by atoms with Crippen molar-refractivity contribution in [2.75, 3.05) is 13.1 Å². The van der Waals surface area contributed by atoms with Gasteiger partial charge in [0.1, 0.15) is 6.04 Å². The summed E-state index contributed by atoms with van der Waals surface area (Å²) in [6.45, 7) is 1.30. The van der Waals surface area contributed by atoms with Gasteiger partial charge in [-0.3, -0.25) is 0 Å². The van der Waals surface area contributed by atoms with E-state index in [1.54, 1.807) is 4.90 Å². The molecule has 5 heteroatoms. The Morgan fingerprint density at radius 1 is 1.05 bits per heavy atom. The molecule has 2 saturated carbocycles. The standard InChI is InChI=1S/C16H26N2O3/c19-15(20)14-4-2-1-3-9-18(14)16(21)17-10-13(11-5-6-11)12-7-8-12/h11-14H,1-10H2,(H,17,21)(H,19,20). The van der Waals surface area contributed by atoms with Gasteiger partial charge in [0.2, 0.25) is 0 Å². The molecule has 3 aliphatic rings. The molecule has 0 aromatic rings. The SMILES string of the molecule is O=C(O)C1CCCCCN1C(=O)NCC(C1CC1)C1CC1. The van der Waals surface area contributed by atoms with Gasteiger partial charge in [-0.1, -0.05) is 12.8 Å². The molecule has 5 nitrogen and oxygen atoms in total. The molecule has 1 saturated heterocycles. The van der Waals surface area contributed by atoms with Crippen molar-refractivity contribution in [3.63, 3.8) is 0 Å². The van der Waals surface area contributed by atoms with Crippen molar-refractivity contribution < 1.29 is 14.7 Å². The van der Waals surface area contributed by atoms with Gasteiger partial charge < -0.3 is 15.3 Å². The lowest BCUT2D eigenvalue weighted by Crippen LogP contribution is -2.50. The number of likely N-dealkylation sites (tertiary alicyclic amines) is 1. The van der Waals surface area contributed by atoms with E-state index >= 15 is 0 Å². The van der Waals surface area contributed by atoms with Crippen molar-refractivity contribution in [3.8, 4) is 0 Å². The first kappa shape index (κ1) is 14.7. The van der Waals surface area contributed by atoms with Gasteiger partial charge in [0, 0.05) is 13.1 Å². The molecule has 1 atom stereocenters. The van der Waals surface area contributed by atoms with E-state index in [9.17, 15) is 14.7 Å². The summed E-state index contributed by atoms with van der Waals surface area (Å²) in [5.41, 5.74) is 0. The van der Waals surface area contributed by atoms with Gasteiger partial charge in [0.05, 0.1) is 0 Å². The number of nitrogens with zero attached hydrogens (tertiary/aromatic N) is 1. The number of carboxylic acids is 1. The highest BCUT2D eigenvalue weighted by molar-refractivity contribution is 5.82. The van der Waals surface area contributed by atoms with Gasteiger partial charge in [-0.2, -0.15) is 0 Å². The van der Waals surface area contributed by atoms with Crippen LogP contribution in [0.5, 0.6) is 0 Å². The summed E-state index contributed by atoms with van der Waals surface area (Å²) in [5, 5.41) is 12.4. The average Bonchev–Trinajstić information content (AvgIpc) is 3.30. The maximum atomic E-state index is 12.4. The second-order valence-corrected chi connectivity index (χ2v) is 6.92. The van der Waals surface area contributed by atoms with Crippen LogP contribution in [0.2, 0.25) is 0 Å². The van der Waals surface area contributed by atoms with E-state index in [0.29, 0.717) is 18.9 Å². The Hall–Kier alpha value is -1.26. The Labute approximate surface area is 126 Å². The Morgan fingerprint density at radius 3 is 2.29 bits per heavy atom. The van der Waals surface area contributed by atoms with E-state index in [4.69, 9.17) is 0 Å². The fraction of sp³-hybridized carbons (Fsp3) is 0.875. The Balaban J connectivity index is 1.55. The normalized spacial score (nSPS) is 26.5. The van der Waals surface area contributed by atoms with Gasteiger partial charge in [0.25, 0.3) is 0 Å². The van der Waals surface area contributed by atoms with Gasteiger partial charge in [-0.15, -0.1) is 0 Å². The molecular formula is C16H26N2O3. The number of rotatable bonds is 5. The second kappa shape index (κ2) is 6.24. The molecule has 0 radical (unpaired) electrons. The molecule has 118 valence electrons. The summed E-state index contributed by atoms with van der Waals surface area (Å²) in [6, 6.07) is -0.816. The molecule has 3 rings (SSSR count). The van der Waals surface area contributed by atoms with Gasteiger partial charge in [-0.25, -0.2) is 9.59 Å². The predicted molar refractivity (Wildman–Crippen MR) is 78.9 cm³/mol. The summed E-state index contributed by atoms with van der Waals surface area (Å²) in [6.07, 6.45) is 8.62. The third-order valence-corrected chi connectivity index (χ3v) is 5.24. The molecule has 2 aliphatic carbocycles. The van der Waals surface area contributed by atoms with E-state index < -0.39 is 12.0 Å². The highest BCUT2D eigenvalue weighted by Gasteiger charge is 2.41. The summed E-state index contributed by atoms with van der Waals surface area (Å²) in [4.78, 5) is 25.3. The summed E-state index contributed by atoms with van der Waals surface area (Å²) in [5.74, 6) is 1.37. The lowest BCUT2D eigenvalue weighted by molar-refractivity contribution is -0.142. The minimum absolute atomic E-state index is 0.171. The lowest BCUT2D eigenvalue weighted by Gasteiger charge is -2.28. The molecule has 21 heavy (non-hydrogen) atoms. The zero-order valence-corrected chi connectivity index (χ0v) is 12.6. The molecule has 2 amide bonds. The van der Waals surface area contributed by atoms with Gasteiger partial charge in [0.15, 0.2) is 0 Å². The molecule has 0 aromatic heterocycles. The number of hydrogen-bond acceptors (Lipinski definition) is 2. The molecule has 2 N–H and O–H groups in total. The molecule has 1 unspecified atom stereocenters. The van der Waals surface area contributed by atoms with Crippen LogP contribution in [0.15, 0.2) is 0 Å². The minimum Gasteiger partial charge on any atom is -0.480 e. The number of urea groups is 1. The molecule has 1 heterocycles. The Bertz CT molecular complexity index is 392. The Kier molecular flexibility index (Phi) is 4.36. The lowest BCUT2D eigenvalue weighted by atomic mass is 9.98. The number of carbonyl (C=O) groups is 2. The zero-order chi connectivity index (χ0) is 14.8. The van der Waals surface area contributed by atoms with E-state index in [1.165, 1.54) is 25.7 Å². The monoisotopic (exact) mass is 294 g/mol. The number of aliphatic carboxylic acids is 1. The first-order chi connectivity index (χ1) is 10.2. The maximum absolute atomic E-state index is 12.4. The highest BCUT2D eigenvalue weighted by atomic mass is 16.4. The quantitative estimate of drug-likeness (QED) is 0.818. The number of carbonyl (C=O) groups excluding carboxylic acids is 1. The topological polar surface area (TPSA) is 69.6 Å². The highest BCUT2D eigenvalue weighted by Crippen LogP contribution is 2.48. The molecule has 0 spiro atoms. The first-order valence-corrected chi connectivity index (χ1v) is 8.44. The number of amides is 2. The molecule has 1 aliphatic heterocycles. The Morgan fingerprint density at radius 2 is 1.71 bits per heavy atom. The van der Waals surface area contributed by atoms with E-state index in [2.05, 4.69) is 5.32 Å². The van der Waals surface area contributed by atoms with Crippen LogP contribution >= 0.6 is 0 Å². The van der Waals surface area contributed by atoms with Crippen LogP contribution in [0, 0.1) is 17.8 Å². The van der Waals surface area contributed by atoms with Crippen LogP contribution in [0.1, 0.15) is 51.4 Å². The molecule has 3 fully saturated rings. The fourth-order valence-electron chi connectivity index (χ4n) is 3.68.